The van der Waals surface area contributed by atoms with E-state index in [-0.39, 0.29) is 11.7 Å². The largest absolute Gasteiger partial charge is 0.508 e. The molecule has 188 valence electrons. The molecule has 2 atom stereocenters. The highest BCUT2D eigenvalue weighted by Crippen LogP contribution is 2.29. The molecule has 0 spiro atoms. The third-order valence-corrected chi connectivity index (χ3v) is 5.30. The highest BCUT2D eigenvalue weighted by molar-refractivity contribution is 6.01. The normalized spacial score (nSPS) is 12.6. The van der Waals surface area contributed by atoms with Crippen molar-refractivity contribution in [1.29, 1.82) is 0 Å². The molecule has 3 aromatic carbocycles. The van der Waals surface area contributed by atoms with E-state index in [2.05, 4.69) is 10.6 Å². The average Bonchev–Trinajstić information content (AvgIpc) is 2.87. The quantitative estimate of drug-likeness (QED) is 0.204. The van der Waals surface area contributed by atoms with E-state index in [0.717, 1.165) is 0 Å². The minimum Gasteiger partial charge on any atom is -0.508 e. The molecule has 0 saturated heterocycles. The molecule has 8 heteroatoms. The summed E-state index contributed by atoms with van der Waals surface area (Å²) in [6.07, 6.45) is 2.31. The summed E-state index contributed by atoms with van der Waals surface area (Å²) in [4.78, 5) is 24.9. The Kier molecular flexibility index (Phi) is 9.90. The number of nitrogens with two attached hydrogens (primary N) is 1. The molecule has 3 rings (SSSR count). The zero-order valence-corrected chi connectivity index (χ0v) is 20.1. The monoisotopic (exact) mass is 489 g/mol. The molecular weight excluding hydrogens is 458 g/mol. The maximum absolute atomic E-state index is 12.7. The van der Waals surface area contributed by atoms with Crippen molar-refractivity contribution in [3.8, 4) is 5.75 Å². The molecule has 0 fully saturated rings. The minimum absolute atomic E-state index is 0.104. The van der Waals surface area contributed by atoms with Crippen LogP contribution in [-0.2, 0) is 14.3 Å². The first-order chi connectivity index (χ1) is 17.5. The Labute approximate surface area is 210 Å². The first-order valence-electron chi connectivity index (χ1n) is 11.7. The van der Waals surface area contributed by atoms with Gasteiger partial charge in [-0.25, -0.2) is 4.79 Å². The van der Waals surface area contributed by atoms with Crippen molar-refractivity contribution in [3.63, 3.8) is 0 Å². The number of hydrogen-bond acceptors (Lipinski definition) is 6. The van der Waals surface area contributed by atoms with Crippen molar-refractivity contribution < 1.29 is 24.2 Å². The van der Waals surface area contributed by atoms with E-state index in [4.69, 9.17) is 15.2 Å². The summed E-state index contributed by atoms with van der Waals surface area (Å²) >= 11 is 0. The van der Waals surface area contributed by atoms with Gasteiger partial charge in [0.15, 0.2) is 6.10 Å². The average molecular weight is 490 g/mol. The number of allylic oxidation sites excluding steroid dienone is 1. The number of nitrogens with one attached hydrogen (secondary N) is 2. The van der Waals surface area contributed by atoms with Crippen LogP contribution in [0.1, 0.15) is 31.4 Å². The molecule has 5 N–H and O–H groups in total. The Morgan fingerprint density at radius 3 is 2.36 bits per heavy atom. The van der Waals surface area contributed by atoms with Gasteiger partial charge in [0.1, 0.15) is 5.75 Å². The number of aromatic hydroxyl groups is 1. The van der Waals surface area contributed by atoms with Gasteiger partial charge in [0, 0.05) is 12.3 Å². The molecule has 0 aliphatic rings. The molecule has 0 heterocycles. The molecule has 3 aromatic rings. The van der Waals surface area contributed by atoms with Crippen LogP contribution >= 0.6 is 0 Å². The van der Waals surface area contributed by atoms with Crippen LogP contribution in [0.2, 0.25) is 0 Å². The fraction of sp³-hybridized carbons (Fsp3) is 0.214. The van der Waals surface area contributed by atoms with E-state index in [9.17, 15) is 14.7 Å². The zero-order chi connectivity index (χ0) is 25.8. The van der Waals surface area contributed by atoms with Crippen LogP contribution in [0.3, 0.4) is 0 Å². The maximum Gasteiger partial charge on any atom is 0.412 e. The number of nitrogen functional groups attached to an aromatic ring is 1. The Morgan fingerprint density at radius 2 is 1.67 bits per heavy atom. The van der Waals surface area contributed by atoms with E-state index in [0.29, 0.717) is 42.1 Å². The Hall–Kier alpha value is -4.30. The van der Waals surface area contributed by atoms with Gasteiger partial charge in [0.05, 0.1) is 17.5 Å². The molecule has 0 bridgehead atoms. The van der Waals surface area contributed by atoms with Gasteiger partial charge in [-0.05, 0) is 67.8 Å². The lowest BCUT2D eigenvalue weighted by atomic mass is 10.00. The topological polar surface area (TPSA) is 123 Å². The van der Waals surface area contributed by atoms with Crippen LogP contribution in [0, 0.1) is 0 Å². The number of para-hydroxylation sites is 3. The minimum atomic E-state index is -0.736. The van der Waals surface area contributed by atoms with Crippen LogP contribution in [0.5, 0.6) is 5.75 Å². The Balaban J connectivity index is 1.67. The molecule has 0 aromatic heterocycles. The van der Waals surface area contributed by atoms with Crippen LogP contribution in [0.25, 0.3) is 0 Å². The van der Waals surface area contributed by atoms with E-state index < -0.39 is 18.3 Å². The van der Waals surface area contributed by atoms with Crippen LogP contribution in [0.4, 0.5) is 21.9 Å². The second-order valence-corrected chi connectivity index (χ2v) is 7.96. The van der Waals surface area contributed by atoms with E-state index in [1.165, 1.54) is 18.2 Å². The number of benzene rings is 3. The molecule has 0 aliphatic carbocycles. The molecule has 36 heavy (non-hydrogen) atoms. The van der Waals surface area contributed by atoms with Crippen LogP contribution < -0.4 is 16.4 Å². The van der Waals surface area contributed by atoms with Gasteiger partial charge in [-0.15, -0.1) is 0 Å². The summed E-state index contributed by atoms with van der Waals surface area (Å²) in [6, 6.07) is 22.5. The van der Waals surface area contributed by atoms with Gasteiger partial charge in [-0.3, -0.25) is 10.1 Å². The lowest BCUT2D eigenvalue weighted by molar-refractivity contribution is -0.111. The van der Waals surface area contributed by atoms with E-state index in [1.807, 2.05) is 25.1 Å². The standard InChI is InChI=1S/C28H31N3O5/c1-2-35-25(14-8-9-15-26(33)31-24-13-7-6-12-23(24)29)27(20-16-18-22(32)19-17-20)36-28(34)30-21-10-4-3-5-11-21/h3-7,9-13,15-19,25,27,32H,2,8,14,29H2,1H3,(H,30,34)(H,31,33)/b15-9+/t25-,27-/m1/s1. The van der Waals surface area contributed by atoms with Gasteiger partial charge in [-0.1, -0.05) is 48.5 Å². The first-order valence-corrected chi connectivity index (χ1v) is 11.7. The smallest absolute Gasteiger partial charge is 0.412 e. The van der Waals surface area contributed by atoms with Crippen molar-refractivity contribution in [2.45, 2.75) is 32.0 Å². The molecule has 0 radical (unpaired) electrons. The third kappa shape index (κ3) is 8.18. The SMILES string of the molecule is CCO[C@H](CC/C=C/C(=O)Nc1ccccc1N)[C@H](OC(=O)Nc1ccccc1)c1ccc(O)cc1. The number of carbonyl (C=O) groups is 2. The molecule has 8 nitrogen and oxygen atoms in total. The zero-order valence-electron chi connectivity index (χ0n) is 20.1. The van der Waals surface area contributed by atoms with Gasteiger partial charge in [0.25, 0.3) is 0 Å². The maximum atomic E-state index is 12.7. The van der Waals surface area contributed by atoms with Crippen LogP contribution in [0.15, 0.2) is 91.0 Å². The molecule has 0 unspecified atom stereocenters. The van der Waals surface area contributed by atoms with Crippen molar-refractivity contribution in [2.75, 3.05) is 23.0 Å². The number of carbonyl (C=O) groups excluding carboxylic acids is 2. The Morgan fingerprint density at radius 1 is 0.972 bits per heavy atom. The van der Waals surface area contributed by atoms with Crippen LogP contribution in [-0.4, -0.2) is 29.8 Å². The summed E-state index contributed by atoms with van der Waals surface area (Å²) in [7, 11) is 0. The van der Waals surface area contributed by atoms with Crippen molar-refractivity contribution in [1.82, 2.24) is 0 Å². The van der Waals surface area contributed by atoms with Crippen molar-refractivity contribution in [3.05, 3.63) is 96.6 Å². The summed E-state index contributed by atoms with van der Waals surface area (Å²) in [5.74, 6) is -0.193. The second-order valence-electron chi connectivity index (χ2n) is 7.96. The number of rotatable bonds is 11. The lowest BCUT2D eigenvalue weighted by Gasteiger charge is -2.27. The number of phenolic OH excluding ortho intramolecular Hbond substituents is 1. The second kappa shape index (κ2) is 13.6. The third-order valence-electron chi connectivity index (χ3n) is 5.30. The fourth-order valence-electron chi connectivity index (χ4n) is 3.58. The van der Waals surface area contributed by atoms with E-state index in [1.54, 1.807) is 54.6 Å². The van der Waals surface area contributed by atoms with Crippen molar-refractivity contribution in [2.24, 2.45) is 0 Å². The summed E-state index contributed by atoms with van der Waals surface area (Å²) in [6.45, 7) is 2.26. The molecular formula is C28H31N3O5. The van der Waals surface area contributed by atoms with E-state index >= 15 is 0 Å². The number of ether oxygens (including phenoxy) is 2. The number of anilines is 3. The lowest BCUT2D eigenvalue weighted by Crippen LogP contribution is -2.29. The van der Waals surface area contributed by atoms with Gasteiger partial charge in [-0.2, -0.15) is 0 Å². The number of phenols is 1. The highest BCUT2D eigenvalue weighted by atomic mass is 16.6. The Bertz CT molecular complexity index is 1150. The summed E-state index contributed by atoms with van der Waals surface area (Å²) < 4.78 is 11.7. The van der Waals surface area contributed by atoms with Gasteiger partial charge in [0.2, 0.25) is 5.91 Å². The molecule has 0 saturated carbocycles. The molecule has 2 amide bonds. The highest BCUT2D eigenvalue weighted by Gasteiger charge is 2.27. The number of hydrogen-bond donors (Lipinski definition) is 4. The van der Waals surface area contributed by atoms with Gasteiger partial charge < -0.3 is 25.6 Å². The summed E-state index contributed by atoms with van der Waals surface area (Å²) in [5, 5.41) is 15.2. The molecule has 0 aliphatic heterocycles. The first kappa shape index (κ1) is 26.3. The predicted octanol–water partition coefficient (Wildman–Crippen LogP) is 5.64. The van der Waals surface area contributed by atoms with Crippen molar-refractivity contribution >= 4 is 29.1 Å². The summed E-state index contributed by atoms with van der Waals surface area (Å²) in [5.41, 5.74) is 8.18. The number of amides is 2. The fourth-order valence-corrected chi connectivity index (χ4v) is 3.58. The van der Waals surface area contributed by atoms with Gasteiger partial charge >= 0.3 is 6.09 Å². The predicted molar refractivity (Wildman–Crippen MR) is 141 cm³/mol.